The Morgan fingerprint density at radius 2 is 1.67 bits per heavy atom. The van der Waals surface area contributed by atoms with E-state index in [0.717, 1.165) is 22.5 Å². The summed E-state index contributed by atoms with van der Waals surface area (Å²) in [6, 6.07) is 8.70. The number of carbonyl (C=O) groups is 2. The van der Waals surface area contributed by atoms with Gasteiger partial charge in [-0.2, -0.15) is 0 Å². The van der Waals surface area contributed by atoms with Gasteiger partial charge in [0.1, 0.15) is 12.6 Å². The maximum Gasteiger partial charge on any atom is 0.244 e. The zero-order valence-electron chi connectivity index (χ0n) is 21.0. The van der Waals surface area contributed by atoms with Crippen molar-refractivity contribution < 1.29 is 18.0 Å². The molecule has 2 rings (SSSR count). The molecule has 0 saturated heterocycles. The van der Waals surface area contributed by atoms with E-state index in [2.05, 4.69) is 5.32 Å². The van der Waals surface area contributed by atoms with Crippen LogP contribution in [-0.4, -0.2) is 50.0 Å². The lowest BCUT2D eigenvalue weighted by Gasteiger charge is -2.33. The van der Waals surface area contributed by atoms with E-state index in [4.69, 9.17) is 34.8 Å². The number of rotatable bonds is 11. The normalized spacial score (nSPS) is 13.1. The fourth-order valence-electron chi connectivity index (χ4n) is 3.54. The first-order chi connectivity index (χ1) is 16.8. The summed E-state index contributed by atoms with van der Waals surface area (Å²) in [5, 5.41) is 4.06. The highest BCUT2D eigenvalue weighted by molar-refractivity contribution is 7.92. The highest BCUT2D eigenvalue weighted by atomic mass is 35.5. The Morgan fingerprint density at radius 3 is 2.19 bits per heavy atom. The largest absolute Gasteiger partial charge is 0.352 e. The summed E-state index contributed by atoms with van der Waals surface area (Å²) in [4.78, 5) is 28.2. The minimum absolute atomic E-state index is 0.00642. The number of carbonyl (C=O) groups excluding carboxylic acids is 2. The van der Waals surface area contributed by atoms with Crippen molar-refractivity contribution in [2.75, 3.05) is 17.1 Å². The summed E-state index contributed by atoms with van der Waals surface area (Å²) < 4.78 is 26.4. The first-order valence-corrected chi connectivity index (χ1v) is 14.5. The Morgan fingerprint density at radius 1 is 1.00 bits per heavy atom. The van der Waals surface area contributed by atoms with Gasteiger partial charge in [0.05, 0.1) is 11.9 Å². The molecule has 0 aliphatic heterocycles. The van der Waals surface area contributed by atoms with Crippen LogP contribution in [0.1, 0.15) is 44.7 Å². The summed E-state index contributed by atoms with van der Waals surface area (Å²) in [7, 11) is -3.86. The molecule has 0 fully saturated rings. The topological polar surface area (TPSA) is 86.8 Å². The van der Waals surface area contributed by atoms with Crippen molar-refractivity contribution in [3.63, 3.8) is 0 Å². The van der Waals surface area contributed by atoms with Gasteiger partial charge in [0, 0.05) is 27.7 Å². The summed E-state index contributed by atoms with van der Waals surface area (Å²) in [6.07, 6.45) is 2.05. The van der Waals surface area contributed by atoms with Crippen LogP contribution in [0.25, 0.3) is 0 Å². The first kappa shape index (κ1) is 30.2. The van der Waals surface area contributed by atoms with E-state index in [-0.39, 0.29) is 24.2 Å². The van der Waals surface area contributed by atoms with E-state index in [9.17, 15) is 18.0 Å². The Hall–Kier alpha value is -2.00. The van der Waals surface area contributed by atoms with E-state index in [1.54, 1.807) is 44.2 Å². The molecule has 0 aliphatic rings. The predicted molar refractivity (Wildman–Crippen MR) is 147 cm³/mol. The fourth-order valence-corrected chi connectivity index (χ4v) is 5.03. The van der Waals surface area contributed by atoms with Crippen molar-refractivity contribution in [2.24, 2.45) is 0 Å². The van der Waals surface area contributed by atoms with Crippen molar-refractivity contribution >= 4 is 62.3 Å². The smallest absolute Gasteiger partial charge is 0.244 e. The quantitative estimate of drug-likeness (QED) is 0.386. The predicted octanol–water partition coefficient (Wildman–Crippen LogP) is 5.44. The highest BCUT2D eigenvalue weighted by Gasteiger charge is 2.32. The minimum atomic E-state index is -3.86. The second kappa shape index (κ2) is 13.0. The fraction of sp³-hybridized carbons (Fsp3) is 0.440. The molecule has 0 saturated carbocycles. The molecule has 2 aromatic rings. The summed E-state index contributed by atoms with van der Waals surface area (Å²) in [5.74, 6) is -0.885. The number of nitrogens with zero attached hydrogens (tertiary/aromatic N) is 2. The SMILES string of the molecule is CC[C@H](C(=O)N[C@@H](C)CC)N(Cc1ccc(Cl)cc1Cl)C(=O)CN(c1ccc(C)c(Cl)c1)S(C)(=O)=O. The maximum absolute atomic E-state index is 13.7. The zero-order chi connectivity index (χ0) is 27.2. The molecule has 0 unspecified atom stereocenters. The van der Waals surface area contributed by atoms with Gasteiger partial charge in [-0.1, -0.05) is 60.8 Å². The van der Waals surface area contributed by atoms with E-state index >= 15 is 0 Å². The minimum Gasteiger partial charge on any atom is -0.352 e. The molecule has 198 valence electrons. The molecular formula is C25H32Cl3N3O4S. The molecule has 2 atom stereocenters. The van der Waals surface area contributed by atoms with Crippen LogP contribution in [0.15, 0.2) is 36.4 Å². The molecule has 2 amide bonds. The average molecular weight is 577 g/mol. The number of nitrogens with one attached hydrogen (secondary N) is 1. The standard InChI is InChI=1S/C25H32Cl3N3O4S/c1-6-17(4)29-25(33)23(7-2)30(14-18-9-10-19(26)12-22(18)28)24(32)15-31(36(5,34)35)20-11-8-16(3)21(27)13-20/h8-13,17,23H,6-7,14-15H2,1-5H3,(H,29,33)/t17-,23+/m0/s1. The second-order valence-electron chi connectivity index (χ2n) is 8.70. The first-order valence-electron chi connectivity index (χ1n) is 11.6. The van der Waals surface area contributed by atoms with Crippen molar-refractivity contribution in [3.8, 4) is 0 Å². The van der Waals surface area contributed by atoms with E-state index in [0.29, 0.717) is 27.1 Å². The Bertz CT molecular complexity index is 1210. The molecule has 11 heteroatoms. The van der Waals surface area contributed by atoms with Crippen LogP contribution in [0.2, 0.25) is 15.1 Å². The molecule has 2 aromatic carbocycles. The van der Waals surface area contributed by atoms with Gasteiger partial charge >= 0.3 is 0 Å². The third kappa shape index (κ3) is 8.00. The van der Waals surface area contributed by atoms with Crippen molar-refractivity contribution in [1.29, 1.82) is 0 Å². The molecule has 36 heavy (non-hydrogen) atoms. The number of amides is 2. The van der Waals surface area contributed by atoms with E-state index in [1.165, 1.54) is 11.0 Å². The van der Waals surface area contributed by atoms with Gasteiger partial charge in [-0.3, -0.25) is 13.9 Å². The molecule has 7 nitrogen and oxygen atoms in total. The third-order valence-corrected chi connectivity index (χ3v) is 8.00. The van der Waals surface area contributed by atoms with Crippen LogP contribution in [0.4, 0.5) is 5.69 Å². The second-order valence-corrected chi connectivity index (χ2v) is 11.9. The molecule has 0 radical (unpaired) electrons. The van der Waals surface area contributed by atoms with Gasteiger partial charge in [0.15, 0.2) is 0 Å². The summed E-state index contributed by atoms with van der Waals surface area (Å²) >= 11 is 18.6. The van der Waals surface area contributed by atoms with Crippen molar-refractivity contribution in [1.82, 2.24) is 10.2 Å². The Balaban J connectivity index is 2.50. The lowest BCUT2D eigenvalue weighted by Crippen LogP contribution is -2.53. The summed E-state index contributed by atoms with van der Waals surface area (Å²) in [5.41, 5.74) is 1.60. The van der Waals surface area contributed by atoms with Crippen molar-refractivity contribution in [3.05, 3.63) is 62.6 Å². The number of anilines is 1. The number of aryl methyl sites for hydroxylation is 1. The maximum atomic E-state index is 13.7. The Labute approximate surface area is 228 Å². The average Bonchev–Trinajstić information content (AvgIpc) is 2.79. The molecule has 0 bridgehead atoms. The van der Waals surface area contributed by atoms with Gasteiger partial charge in [0.2, 0.25) is 21.8 Å². The molecule has 0 heterocycles. The lowest BCUT2D eigenvalue weighted by atomic mass is 10.1. The number of sulfonamides is 1. The summed E-state index contributed by atoms with van der Waals surface area (Å²) in [6.45, 7) is 6.88. The molecule has 1 N–H and O–H groups in total. The number of hydrogen-bond acceptors (Lipinski definition) is 4. The van der Waals surface area contributed by atoms with Gasteiger partial charge in [-0.15, -0.1) is 0 Å². The van der Waals surface area contributed by atoms with Gasteiger partial charge in [-0.25, -0.2) is 8.42 Å². The van der Waals surface area contributed by atoms with Crippen molar-refractivity contribution in [2.45, 2.75) is 59.2 Å². The highest BCUT2D eigenvalue weighted by Crippen LogP contribution is 2.27. The number of benzene rings is 2. The molecule has 0 spiro atoms. The van der Waals surface area contributed by atoms with Crippen LogP contribution in [0.3, 0.4) is 0 Å². The van der Waals surface area contributed by atoms with Gasteiger partial charge in [-0.05, 0) is 62.1 Å². The lowest BCUT2D eigenvalue weighted by molar-refractivity contribution is -0.140. The van der Waals surface area contributed by atoms with Crippen LogP contribution < -0.4 is 9.62 Å². The third-order valence-electron chi connectivity index (χ3n) is 5.87. The van der Waals surface area contributed by atoms with Crippen LogP contribution in [0, 0.1) is 6.92 Å². The molecular weight excluding hydrogens is 545 g/mol. The van der Waals surface area contributed by atoms with E-state index < -0.39 is 28.5 Å². The van der Waals surface area contributed by atoms with Crippen LogP contribution in [0.5, 0.6) is 0 Å². The van der Waals surface area contributed by atoms with Gasteiger partial charge < -0.3 is 10.2 Å². The van der Waals surface area contributed by atoms with Crippen LogP contribution >= 0.6 is 34.8 Å². The van der Waals surface area contributed by atoms with Gasteiger partial charge in [0.25, 0.3) is 0 Å². The Kier molecular flexibility index (Phi) is 10.9. The zero-order valence-corrected chi connectivity index (χ0v) is 24.1. The van der Waals surface area contributed by atoms with E-state index in [1.807, 2.05) is 13.8 Å². The molecule has 0 aliphatic carbocycles. The number of hydrogen-bond donors (Lipinski definition) is 1. The monoisotopic (exact) mass is 575 g/mol. The number of halogens is 3. The van der Waals surface area contributed by atoms with Crippen LogP contribution in [-0.2, 0) is 26.2 Å². The molecule has 0 aromatic heterocycles.